The number of aliphatic hydroxyl groups excluding tert-OH is 2. The fraction of sp³-hybridized carbons (Fsp3) is 0.206. The molecule has 0 radical (unpaired) electrons. The van der Waals surface area contributed by atoms with Gasteiger partial charge in [-0.2, -0.15) is 0 Å². The van der Waals surface area contributed by atoms with Gasteiger partial charge >= 0.3 is 12.2 Å². The first-order chi connectivity index (χ1) is 36.6. The van der Waals surface area contributed by atoms with E-state index in [-0.39, 0.29) is 30.1 Å². The molecule has 11 nitrogen and oxygen atoms in total. The molecule has 0 aliphatic carbocycles. The van der Waals surface area contributed by atoms with E-state index in [0.29, 0.717) is 40.9 Å². The van der Waals surface area contributed by atoms with Gasteiger partial charge in [0, 0.05) is 22.5 Å². The van der Waals surface area contributed by atoms with Gasteiger partial charge < -0.3 is 35.0 Å². The minimum Gasteiger partial charge on any atom is -0.508 e. The number of hydrogen-bond acceptors (Lipinski definition) is 9. The molecule has 76 heavy (non-hydrogen) atoms. The Hall–Kier alpha value is -8.52. The van der Waals surface area contributed by atoms with Crippen LogP contribution in [0.2, 0.25) is 0 Å². The number of aromatic hydroxyl groups is 3. The summed E-state index contributed by atoms with van der Waals surface area (Å²) in [5, 5.41) is 53.7. The number of benzene rings is 8. The predicted molar refractivity (Wildman–Crippen MR) is 288 cm³/mol. The van der Waals surface area contributed by atoms with Crippen molar-refractivity contribution < 1.29 is 53.4 Å². The summed E-state index contributed by atoms with van der Waals surface area (Å²) in [5.74, 6) is -0.690. The number of phenols is 3. The van der Waals surface area contributed by atoms with Gasteiger partial charge in [0.25, 0.3) is 0 Å². The zero-order valence-corrected chi connectivity index (χ0v) is 42.1. The van der Waals surface area contributed by atoms with E-state index in [9.17, 15) is 43.9 Å². The predicted octanol–water partition coefficient (Wildman–Crippen LogP) is 14.2. The lowest BCUT2D eigenvalue weighted by molar-refractivity contribution is 0.100. The molecule has 10 rings (SSSR count). The fourth-order valence-corrected chi connectivity index (χ4v) is 9.92. The van der Waals surface area contributed by atoms with E-state index < -0.39 is 60.3 Å². The molecule has 2 amide bonds. The zero-order valence-electron chi connectivity index (χ0n) is 42.1. The molecule has 0 aromatic heterocycles. The summed E-state index contributed by atoms with van der Waals surface area (Å²) in [6.07, 6.45) is -2.72. The average molecular weight is 1030 g/mol. The first kappa shape index (κ1) is 52.3. The number of anilines is 2. The second-order valence-corrected chi connectivity index (χ2v) is 19.4. The standard InChI is InChI=1S/C32H31NO5.C31H27F2NO4/c1-20-6-10-22(11-7-20)28(35)16-17-30-31(33(32(37)38-30)25-13-8-21(2)9-14-25)27-15-12-24(19-29(27)36)23-4-3-5-26(34)18-23;1-19-3-2-4-21(17-19)22-7-14-26(28(36)18-22)30-29(16-15-27(35)20-5-8-23(32)9-6-20)38-31(37)34(30)25-12-10-24(33)11-13-25/h3-15,18-19,28,30-31,34-36H,16-17H2,1-2H3;2-14,17-18,27,29-30,35-36H,15-16H2,1H3. The monoisotopic (exact) mass is 1020 g/mol. The smallest absolute Gasteiger partial charge is 0.415 e. The van der Waals surface area contributed by atoms with E-state index in [1.165, 1.54) is 53.4 Å². The number of ether oxygens (including phenoxy) is 2. The summed E-state index contributed by atoms with van der Waals surface area (Å²) < 4.78 is 38.5. The zero-order chi connectivity index (χ0) is 53.6. The minimum absolute atomic E-state index is 0.0106. The van der Waals surface area contributed by atoms with Gasteiger partial charge in [0.05, 0.1) is 12.2 Å². The quantitative estimate of drug-likeness (QED) is 0.0714. The minimum atomic E-state index is -0.896. The second-order valence-electron chi connectivity index (χ2n) is 19.4. The molecule has 13 heteroatoms. The van der Waals surface area contributed by atoms with Gasteiger partial charge in [0.1, 0.15) is 53.2 Å². The van der Waals surface area contributed by atoms with Crippen LogP contribution in [0.1, 0.15) is 88.9 Å². The van der Waals surface area contributed by atoms with Gasteiger partial charge in [-0.15, -0.1) is 0 Å². The topological polar surface area (TPSA) is 160 Å². The van der Waals surface area contributed by atoms with Crippen LogP contribution in [0.4, 0.5) is 29.7 Å². The molecule has 2 saturated heterocycles. The van der Waals surface area contributed by atoms with E-state index in [0.717, 1.165) is 44.5 Å². The number of rotatable bonds is 14. The summed E-state index contributed by atoms with van der Waals surface area (Å²) >= 11 is 0. The van der Waals surface area contributed by atoms with Crippen LogP contribution in [0, 0.1) is 32.4 Å². The highest BCUT2D eigenvalue weighted by molar-refractivity contribution is 5.92. The molecule has 2 aliphatic heterocycles. The molecule has 2 aliphatic rings. The van der Waals surface area contributed by atoms with E-state index in [1.54, 1.807) is 47.4 Å². The highest BCUT2D eigenvalue weighted by atomic mass is 19.1. The normalized spacial score (nSPS) is 17.9. The van der Waals surface area contributed by atoms with E-state index in [2.05, 4.69) is 0 Å². The summed E-state index contributed by atoms with van der Waals surface area (Å²) in [4.78, 5) is 29.2. The molecule has 8 aromatic rings. The summed E-state index contributed by atoms with van der Waals surface area (Å²) in [6, 6.07) is 50.4. The van der Waals surface area contributed by atoms with Crippen LogP contribution in [-0.4, -0.2) is 49.9 Å². The van der Waals surface area contributed by atoms with Crippen molar-refractivity contribution in [1.29, 1.82) is 0 Å². The lowest BCUT2D eigenvalue weighted by Gasteiger charge is -2.26. The molecule has 8 aromatic carbocycles. The number of phenolic OH excluding ortho intramolecular Hbond substituents is 3. The number of aryl methyl sites for hydroxylation is 3. The van der Waals surface area contributed by atoms with Crippen molar-refractivity contribution in [1.82, 2.24) is 0 Å². The summed E-state index contributed by atoms with van der Waals surface area (Å²) in [5.41, 5.74) is 10.00. The van der Waals surface area contributed by atoms with Crippen molar-refractivity contribution in [3.8, 4) is 39.5 Å². The SMILES string of the molecule is Cc1ccc(C(O)CCC2OC(=O)N(c3ccc(C)cc3)C2c2ccc(-c3cccc(O)c3)cc2O)cc1.Cc1cccc(-c2ccc(C3C(CCC(O)c4ccc(F)cc4)OC(=O)N3c3ccc(F)cc3)c(O)c2)c1. The van der Waals surface area contributed by atoms with Crippen LogP contribution >= 0.6 is 0 Å². The Kier molecular flexibility index (Phi) is 15.8. The van der Waals surface area contributed by atoms with Gasteiger partial charge in [-0.25, -0.2) is 18.4 Å². The molecule has 0 spiro atoms. The molecule has 2 fully saturated rings. The van der Waals surface area contributed by atoms with Gasteiger partial charge in [-0.3, -0.25) is 9.80 Å². The van der Waals surface area contributed by atoms with Crippen molar-refractivity contribution in [2.45, 2.75) is 83.0 Å². The molecule has 6 atom stereocenters. The Bertz CT molecular complexity index is 3090. The number of cyclic esters (lactones) is 2. The number of aliphatic hydroxyl groups is 2. The molecule has 2 heterocycles. The number of nitrogens with zero attached hydrogens (tertiary/aromatic N) is 2. The van der Waals surface area contributed by atoms with Crippen LogP contribution < -0.4 is 9.80 Å². The second kappa shape index (κ2) is 22.9. The lowest BCUT2D eigenvalue weighted by Crippen LogP contribution is -2.29. The van der Waals surface area contributed by atoms with Crippen LogP contribution in [0.3, 0.4) is 0 Å². The Morgan fingerprint density at radius 1 is 0.461 bits per heavy atom. The molecular formula is C63H58F2N2O9. The maximum absolute atomic E-state index is 13.6. The summed E-state index contributed by atoms with van der Waals surface area (Å²) in [6.45, 7) is 5.96. The van der Waals surface area contributed by atoms with Crippen molar-refractivity contribution in [3.05, 3.63) is 233 Å². The number of amides is 2. The fourth-order valence-electron chi connectivity index (χ4n) is 9.92. The molecule has 5 N–H and O–H groups in total. The van der Waals surface area contributed by atoms with Crippen molar-refractivity contribution >= 4 is 23.6 Å². The number of halogens is 2. The van der Waals surface area contributed by atoms with E-state index in [1.807, 2.05) is 112 Å². The molecule has 6 unspecified atom stereocenters. The van der Waals surface area contributed by atoms with Gasteiger partial charge in [-0.05, 0) is 153 Å². The molecular weight excluding hydrogens is 967 g/mol. The van der Waals surface area contributed by atoms with Crippen molar-refractivity contribution in [3.63, 3.8) is 0 Å². The Balaban J connectivity index is 0.000000186. The third-order valence-corrected chi connectivity index (χ3v) is 14.0. The van der Waals surface area contributed by atoms with Crippen LogP contribution in [-0.2, 0) is 9.47 Å². The Morgan fingerprint density at radius 3 is 1.30 bits per heavy atom. The van der Waals surface area contributed by atoms with Crippen LogP contribution in [0.5, 0.6) is 17.2 Å². The number of carbonyl (C=O) groups is 2. The first-order valence-corrected chi connectivity index (χ1v) is 25.1. The van der Waals surface area contributed by atoms with Gasteiger partial charge in [0.15, 0.2) is 0 Å². The Labute approximate surface area is 440 Å². The van der Waals surface area contributed by atoms with E-state index in [4.69, 9.17) is 9.47 Å². The average Bonchev–Trinajstić information content (AvgIpc) is 3.93. The highest BCUT2D eigenvalue weighted by Crippen LogP contribution is 2.46. The Morgan fingerprint density at radius 2 is 0.855 bits per heavy atom. The van der Waals surface area contributed by atoms with Gasteiger partial charge in [0.2, 0.25) is 0 Å². The maximum Gasteiger partial charge on any atom is 0.415 e. The third kappa shape index (κ3) is 11.9. The molecule has 388 valence electrons. The maximum atomic E-state index is 13.6. The van der Waals surface area contributed by atoms with Gasteiger partial charge in [-0.1, -0.05) is 126 Å². The lowest BCUT2D eigenvalue weighted by atomic mass is 9.92. The van der Waals surface area contributed by atoms with Crippen LogP contribution in [0.25, 0.3) is 22.3 Å². The van der Waals surface area contributed by atoms with E-state index >= 15 is 0 Å². The largest absolute Gasteiger partial charge is 0.508 e. The molecule has 0 bridgehead atoms. The highest BCUT2D eigenvalue weighted by Gasteiger charge is 2.46. The first-order valence-electron chi connectivity index (χ1n) is 25.1. The number of carbonyl (C=O) groups excluding carboxylic acids is 2. The third-order valence-electron chi connectivity index (χ3n) is 14.0. The van der Waals surface area contributed by atoms with Crippen molar-refractivity contribution in [2.24, 2.45) is 0 Å². The van der Waals surface area contributed by atoms with Crippen molar-refractivity contribution in [2.75, 3.05) is 9.80 Å². The van der Waals surface area contributed by atoms with Crippen LogP contribution in [0.15, 0.2) is 182 Å². The summed E-state index contributed by atoms with van der Waals surface area (Å²) in [7, 11) is 0. The number of hydrogen-bond donors (Lipinski definition) is 5. The molecule has 0 saturated carbocycles.